The quantitative estimate of drug-likeness (QED) is 0.726. The third-order valence-corrected chi connectivity index (χ3v) is 3.93. The predicted octanol–water partition coefficient (Wildman–Crippen LogP) is 3.81. The van der Waals surface area contributed by atoms with E-state index in [-0.39, 0.29) is 10.9 Å². The van der Waals surface area contributed by atoms with Crippen molar-refractivity contribution < 1.29 is 4.74 Å². The summed E-state index contributed by atoms with van der Waals surface area (Å²) in [5, 5.41) is 0. The van der Waals surface area contributed by atoms with Gasteiger partial charge in [-0.05, 0) is 5.56 Å². The average Bonchev–Trinajstić information content (AvgIpc) is 2.31. The Morgan fingerprint density at radius 1 is 1.13 bits per heavy atom. The number of rotatable bonds is 6. The van der Waals surface area contributed by atoms with E-state index in [0.29, 0.717) is 18.4 Å². The van der Waals surface area contributed by atoms with Gasteiger partial charge in [-0.2, -0.15) is 0 Å². The largest absolute Gasteiger partial charge is 0.371 e. The number of alkyl halides is 3. The highest BCUT2D eigenvalue weighted by atomic mass is 79.9. The molecule has 15 heavy (non-hydrogen) atoms. The Morgan fingerprint density at radius 3 is 2.33 bits per heavy atom. The number of hydrogen-bond acceptors (Lipinski definition) is 1. The number of hydrogen-bond donors (Lipinski definition) is 0. The van der Waals surface area contributed by atoms with E-state index in [9.17, 15) is 0 Å². The standard InChI is InChI=1S/C11H13BrCl2O/c12-10(6-13)11(7-14)15-8-9-4-2-1-3-5-9/h1-5,10-11H,6-8H2. The van der Waals surface area contributed by atoms with Crippen molar-refractivity contribution >= 4 is 39.1 Å². The van der Waals surface area contributed by atoms with Crippen LogP contribution in [0.5, 0.6) is 0 Å². The summed E-state index contributed by atoms with van der Waals surface area (Å²) >= 11 is 15.0. The minimum absolute atomic E-state index is 0.0515. The first kappa shape index (κ1) is 13.3. The Labute approximate surface area is 109 Å². The molecule has 84 valence electrons. The van der Waals surface area contributed by atoms with Gasteiger partial charge in [0.2, 0.25) is 0 Å². The highest BCUT2D eigenvalue weighted by Gasteiger charge is 2.17. The fourth-order valence-electron chi connectivity index (χ4n) is 1.12. The molecule has 2 unspecified atom stereocenters. The van der Waals surface area contributed by atoms with Crippen molar-refractivity contribution in [1.29, 1.82) is 0 Å². The smallest absolute Gasteiger partial charge is 0.0851 e. The van der Waals surface area contributed by atoms with Crippen LogP contribution in [0.3, 0.4) is 0 Å². The van der Waals surface area contributed by atoms with Gasteiger partial charge in [0, 0.05) is 11.8 Å². The van der Waals surface area contributed by atoms with Gasteiger partial charge >= 0.3 is 0 Å². The molecule has 0 spiro atoms. The van der Waals surface area contributed by atoms with Crippen LogP contribution in [0.2, 0.25) is 0 Å². The lowest BCUT2D eigenvalue weighted by molar-refractivity contribution is 0.0584. The maximum Gasteiger partial charge on any atom is 0.0851 e. The highest BCUT2D eigenvalue weighted by molar-refractivity contribution is 9.09. The van der Waals surface area contributed by atoms with Crippen LogP contribution in [0.1, 0.15) is 5.56 Å². The second-order valence-electron chi connectivity index (χ2n) is 3.16. The van der Waals surface area contributed by atoms with Crippen LogP contribution in [0, 0.1) is 0 Å². The highest BCUT2D eigenvalue weighted by Crippen LogP contribution is 2.15. The molecule has 2 atom stereocenters. The van der Waals surface area contributed by atoms with Crippen molar-refractivity contribution in [1.82, 2.24) is 0 Å². The van der Waals surface area contributed by atoms with Crippen LogP contribution in [0.15, 0.2) is 30.3 Å². The first-order valence-electron chi connectivity index (χ1n) is 4.69. The van der Waals surface area contributed by atoms with E-state index in [0.717, 1.165) is 5.56 Å². The fourth-order valence-corrected chi connectivity index (χ4v) is 2.18. The minimum atomic E-state index is -0.0515. The minimum Gasteiger partial charge on any atom is -0.371 e. The van der Waals surface area contributed by atoms with Gasteiger partial charge in [0.25, 0.3) is 0 Å². The topological polar surface area (TPSA) is 9.23 Å². The van der Waals surface area contributed by atoms with Gasteiger partial charge in [-0.15, -0.1) is 23.2 Å². The maximum atomic E-state index is 5.79. The lowest BCUT2D eigenvalue weighted by atomic mass is 10.2. The molecule has 1 aromatic rings. The zero-order valence-electron chi connectivity index (χ0n) is 8.20. The Kier molecular flexibility index (Phi) is 6.66. The molecule has 0 saturated carbocycles. The SMILES string of the molecule is ClCC(Br)C(CCl)OCc1ccccc1. The van der Waals surface area contributed by atoms with Gasteiger partial charge in [-0.3, -0.25) is 0 Å². The van der Waals surface area contributed by atoms with E-state index in [4.69, 9.17) is 27.9 Å². The molecule has 0 aliphatic carbocycles. The summed E-state index contributed by atoms with van der Waals surface area (Å²) in [4.78, 5) is 0.0976. The molecule has 0 amide bonds. The van der Waals surface area contributed by atoms with E-state index in [2.05, 4.69) is 15.9 Å². The van der Waals surface area contributed by atoms with Gasteiger partial charge in [0.15, 0.2) is 0 Å². The molecule has 0 aliphatic rings. The zero-order valence-corrected chi connectivity index (χ0v) is 11.3. The Balaban J connectivity index is 2.41. The Hall–Kier alpha value is 0.240. The van der Waals surface area contributed by atoms with Crippen molar-refractivity contribution in [3.05, 3.63) is 35.9 Å². The van der Waals surface area contributed by atoms with Gasteiger partial charge in [-0.25, -0.2) is 0 Å². The van der Waals surface area contributed by atoms with Gasteiger partial charge in [0.1, 0.15) is 0 Å². The molecule has 0 radical (unpaired) electrons. The lowest BCUT2D eigenvalue weighted by Gasteiger charge is -2.19. The average molecular weight is 312 g/mol. The molecule has 0 heterocycles. The zero-order chi connectivity index (χ0) is 11.1. The molecule has 1 rings (SSSR count). The summed E-state index contributed by atoms with van der Waals surface area (Å²) in [6.45, 7) is 0.567. The van der Waals surface area contributed by atoms with Crippen LogP contribution in [-0.2, 0) is 11.3 Å². The second kappa shape index (κ2) is 7.50. The van der Waals surface area contributed by atoms with Crippen LogP contribution in [0.25, 0.3) is 0 Å². The summed E-state index contributed by atoms with van der Waals surface area (Å²) in [5.41, 5.74) is 1.14. The summed E-state index contributed by atoms with van der Waals surface area (Å²) < 4.78 is 5.67. The summed E-state index contributed by atoms with van der Waals surface area (Å²) in [6, 6.07) is 10.0. The molecule has 0 saturated heterocycles. The molecule has 0 aliphatic heterocycles. The Morgan fingerprint density at radius 2 is 1.80 bits per heavy atom. The van der Waals surface area contributed by atoms with E-state index in [1.54, 1.807) is 0 Å². The van der Waals surface area contributed by atoms with Crippen LogP contribution in [-0.4, -0.2) is 22.7 Å². The molecule has 0 fully saturated rings. The fraction of sp³-hybridized carbons (Fsp3) is 0.455. The number of halogens is 3. The van der Waals surface area contributed by atoms with Crippen molar-refractivity contribution in [2.75, 3.05) is 11.8 Å². The molecule has 0 aromatic heterocycles. The number of ether oxygens (including phenoxy) is 1. The van der Waals surface area contributed by atoms with Crippen LogP contribution in [0.4, 0.5) is 0 Å². The molecule has 0 bridgehead atoms. The third kappa shape index (κ3) is 4.73. The van der Waals surface area contributed by atoms with Gasteiger partial charge in [-0.1, -0.05) is 46.3 Å². The summed E-state index contributed by atoms with van der Waals surface area (Å²) in [6.07, 6.45) is -0.0515. The van der Waals surface area contributed by atoms with Gasteiger partial charge < -0.3 is 4.74 Å². The van der Waals surface area contributed by atoms with E-state index in [1.807, 2.05) is 30.3 Å². The second-order valence-corrected chi connectivity index (χ2v) is 4.95. The molecular weight excluding hydrogens is 299 g/mol. The van der Waals surface area contributed by atoms with E-state index in [1.165, 1.54) is 0 Å². The van der Waals surface area contributed by atoms with Crippen molar-refractivity contribution in [2.45, 2.75) is 17.5 Å². The Bertz CT molecular complexity index is 269. The van der Waals surface area contributed by atoms with Crippen LogP contribution >= 0.6 is 39.1 Å². The third-order valence-electron chi connectivity index (χ3n) is 2.01. The first-order valence-corrected chi connectivity index (χ1v) is 6.68. The molecule has 1 aromatic carbocycles. The molecular formula is C11H13BrCl2O. The molecule has 0 N–H and O–H groups in total. The monoisotopic (exact) mass is 310 g/mol. The van der Waals surface area contributed by atoms with E-state index >= 15 is 0 Å². The predicted molar refractivity (Wildman–Crippen MR) is 69.2 cm³/mol. The van der Waals surface area contributed by atoms with Crippen LogP contribution < -0.4 is 0 Å². The molecule has 1 nitrogen and oxygen atoms in total. The number of benzene rings is 1. The van der Waals surface area contributed by atoms with Crippen molar-refractivity contribution in [2.24, 2.45) is 0 Å². The lowest BCUT2D eigenvalue weighted by Crippen LogP contribution is -2.27. The van der Waals surface area contributed by atoms with Gasteiger partial charge in [0.05, 0.1) is 17.5 Å². The summed E-state index contributed by atoms with van der Waals surface area (Å²) in [7, 11) is 0. The van der Waals surface area contributed by atoms with Crippen molar-refractivity contribution in [3.63, 3.8) is 0 Å². The molecule has 4 heteroatoms. The normalized spacial score (nSPS) is 14.9. The maximum absolute atomic E-state index is 5.79. The van der Waals surface area contributed by atoms with E-state index < -0.39 is 0 Å². The summed E-state index contributed by atoms with van der Waals surface area (Å²) in [5.74, 6) is 0.932. The van der Waals surface area contributed by atoms with Crippen molar-refractivity contribution in [3.8, 4) is 0 Å². The first-order chi connectivity index (χ1) is 7.27.